The van der Waals surface area contributed by atoms with E-state index in [2.05, 4.69) is 15.9 Å². The van der Waals surface area contributed by atoms with E-state index in [0.717, 1.165) is 33.8 Å². The van der Waals surface area contributed by atoms with Crippen molar-refractivity contribution < 1.29 is 22.1 Å². The van der Waals surface area contributed by atoms with Crippen LogP contribution in [0, 0.1) is 25.7 Å². The summed E-state index contributed by atoms with van der Waals surface area (Å²) in [6.45, 7) is 3.84. The smallest absolute Gasteiger partial charge is 0.305 e. The average molecular weight is 443 g/mol. The maximum atomic E-state index is 13.3. The lowest BCUT2D eigenvalue weighted by atomic mass is 9.78. The molecule has 0 aliphatic heterocycles. The summed E-state index contributed by atoms with van der Waals surface area (Å²) in [7, 11) is -2.08. The quantitative estimate of drug-likeness (QED) is 0.663. The van der Waals surface area contributed by atoms with Crippen molar-refractivity contribution in [1.82, 2.24) is 0 Å². The van der Waals surface area contributed by atoms with Gasteiger partial charge in [-0.3, -0.25) is 4.79 Å². The van der Waals surface area contributed by atoms with Crippen molar-refractivity contribution in [3.8, 4) is 0 Å². The van der Waals surface area contributed by atoms with E-state index in [0.29, 0.717) is 24.2 Å². The minimum absolute atomic E-state index is 0.0196. The Morgan fingerprint density at radius 3 is 2.27 bits per heavy atom. The zero-order chi connectivity index (χ0) is 19.2. The van der Waals surface area contributed by atoms with Crippen LogP contribution in [0.2, 0.25) is 0 Å². The molecule has 0 heterocycles. The molecule has 142 valence electrons. The van der Waals surface area contributed by atoms with Crippen molar-refractivity contribution in [3.63, 3.8) is 0 Å². The molecule has 0 radical (unpaired) electrons. The van der Waals surface area contributed by atoms with Gasteiger partial charge < -0.3 is 8.92 Å². The number of carbonyl (C=O) groups is 1. The SMILES string of the molecule is COC1CCC2C(OS(C)(=O)=O)=C(c3c(C)cc(Br)cc3C)C(=O)C2C1. The summed E-state index contributed by atoms with van der Waals surface area (Å²) in [6.07, 6.45) is 3.10. The number of Topliss-reactive ketones (excluding diaryl/α,β-unsaturated/α-hetero) is 1. The van der Waals surface area contributed by atoms with Gasteiger partial charge in [-0.15, -0.1) is 0 Å². The van der Waals surface area contributed by atoms with Gasteiger partial charge in [0.25, 0.3) is 0 Å². The molecule has 0 saturated heterocycles. The fourth-order valence-corrected chi connectivity index (χ4v) is 5.48. The van der Waals surface area contributed by atoms with Gasteiger partial charge in [-0.25, -0.2) is 0 Å². The van der Waals surface area contributed by atoms with Crippen molar-refractivity contribution in [1.29, 1.82) is 0 Å². The van der Waals surface area contributed by atoms with Gasteiger partial charge in [-0.2, -0.15) is 8.42 Å². The van der Waals surface area contributed by atoms with Gasteiger partial charge >= 0.3 is 10.1 Å². The first-order valence-electron chi connectivity index (χ1n) is 8.60. The molecule has 0 N–H and O–H groups in total. The standard InChI is InChI=1S/C19H23BrO5S/c1-10-7-12(20)8-11(2)16(10)17-18(21)15-9-13(24-3)5-6-14(15)19(17)25-26(4,22)23/h7-8,13-15H,5-6,9H2,1-4H3. The highest BCUT2D eigenvalue weighted by molar-refractivity contribution is 9.10. The van der Waals surface area contributed by atoms with Gasteiger partial charge in [-0.1, -0.05) is 15.9 Å². The number of halogens is 1. The number of hydrogen-bond acceptors (Lipinski definition) is 5. The molecule has 0 spiro atoms. The normalized spacial score (nSPS) is 26.2. The number of benzene rings is 1. The molecular weight excluding hydrogens is 420 g/mol. The fourth-order valence-electron chi connectivity index (χ4n) is 4.26. The Morgan fingerprint density at radius 2 is 1.73 bits per heavy atom. The van der Waals surface area contributed by atoms with E-state index in [1.807, 2.05) is 26.0 Å². The predicted octanol–water partition coefficient (Wildman–Crippen LogP) is 3.77. The minimum Gasteiger partial charge on any atom is -0.386 e. The highest BCUT2D eigenvalue weighted by Gasteiger charge is 2.48. The largest absolute Gasteiger partial charge is 0.386 e. The Hall–Kier alpha value is -1.18. The molecule has 3 atom stereocenters. The number of methoxy groups -OCH3 is 1. The van der Waals surface area contributed by atoms with E-state index >= 15 is 0 Å². The third-order valence-corrected chi connectivity index (χ3v) is 6.23. The van der Waals surface area contributed by atoms with Gasteiger partial charge in [0, 0.05) is 23.4 Å². The van der Waals surface area contributed by atoms with Crippen LogP contribution in [-0.2, 0) is 23.8 Å². The number of allylic oxidation sites excluding steroid dienone is 2. The molecule has 1 saturated carbocycles. The molecular formula is C19H23BrO5S. The van der Waals surface area contributed by atoms with Crippen molar-refractivity contribution in [2.45, 2.75) is 39.2 Å². The van der Waals surface area contributed by atoms with Crippen molar-refractivity contribution in [2.24, 2.45) is 11.8 Å². The van der Waals surface area contributed by atoms with Gasteiger partial charge in [0.15, 0.2) is 5.78 Å². The summed E-state index contributed by atoms with van der Waals surface area (Å²) in [5.74, 6) is -0.224. The van der Waals surface area contributed by atoms with E-state index in [9.17, 15) is 13.2 Å². The van der Waals surface area contributed by atoms with Gasteiger partial charge in [-0.05, 0) is 61.9 Å². The van der Waals surface area contributed by atoms with Crippen LogP contribution in [0.5, 0.6) is 0 Å². The Kier molecular flexibility index (Phi) is 5.34. The van der Waals surface area contributed by atoms with Crippen LogP contribution < -0.4 is 0 Å². The van der Waals surface area contributed by atoms with Crippen molar-refractivity contribution >= 4 is 37.4 Å². The molecule has 5 nitrogen and oxygen atoms in total. The maximum absolute atomic E-state index is 13.3. The molecule has 26 heavy (non-hydrogen) atoms. The lowest BCUT2D eigenvalue weighted by Gasteiger charge is -2.30. The van der Waals surface area contributed by atoms with Crippen LogP contribution in [0.15, 0.2) is 22.4 Å². The molecule has 2 aliphatic rings. The Balaban J connectivity index is 2.17. The Morgan fingerprint density at radius 1 is 1.12 bits per heavy atom. The summed E-state index contributed by atoms with van der Waals surface area (Å²) in [6, 6.07) is 3.86. The van der Waals surface area contributed by atoms with Crippen LogP contribution in [-0.4, -0.2) is 33.7 Å². The van der Waals surface area contributed by atoms with E-state index < -0.39 is 10.1 Å². The third kappa shape index (κ3) is 3.62. The molecule has 0 amide bonds. The topological polar surface area (TPSA) is 69.7 Å². The molecule has 1 aromatic rings. The van der Waals surface area contributed by atoms with Crippen LogP contribution in [0.4, 0.5) is 0 Å². The van der Waals surface area contributed by atoms with Crippen molar-refractivity contribution in [3.05, 3.63) is 39.1 Å². The Labute approximate surface area is 163 Å². The first-order chi connectivity index (χ1) is 12.1. The van der Waals surface area contributed by atoms with Gasteiger partial charge in [0.1, 0.15) is 5.76 Å². The third-order valence-electron chi connectivity index (χ3n) is 5.29. The monoisotopic (exact) mass is 442 g/mol. The second-order valence-corrected chi connectivity index (χ2v) is 9.68. The summed E-state index contributed by atoms with van der Waals surface area (Å²) in [4.78, 5) is 13.3. The molecule has 3 rings (SSSR count). The zero-order valence-corrected chi connectivity index (χ0v) is 17.7. The van der Waals surface area contributed by atoms with Crippen LogP contribution in [0.3, 0.4) is 0 Å². The number of rotatable bonds is 4. The van der Waals surface area contributed by atoms with E-state index in [1.165, 1.54) is 0 Å². The summed E-state index contributed by atoms with van der Waals surface area (Å²) in [5.41, 5.74) is 3.03. The van der Waals surface area contributed by atoms with E-state index in [-0.39, 0.29) is 23.7 Å². The Bertz CT molecular complexity index is 864. The molecule has 0 bridgehead atoms. The lowest BCUT2D eigenvalue weighted by molar-refractivity contribution is -0.120. The predicted molar refractivity (Wildman–Crippen MR) is 103 cm³/mol. The molecule has 7 heteroatoms. The molecule has 1 fully saturated rings. The second kappa shape index (κ2) is 7.09. The van der Waals surface area contributed by atoms with Crippen LogP contribution in [0.25, 0.3) is 5.57 Å². The van der Waals surface area contributed by atoms with Crippen LogP contribution >= 0.6 is 15.9 Å². The second-order valence-electron chi connectivity index (χ2n) is 7.19. The fraction of sp³-hybridized carbons (Fsp3) is 0.526. The average Bonchev–Trinajstić information content (AvgIpc) is 2.78. The van der Waals surface area contributed by atoms with Gasteiger partial charge in [0.05, 0.1) is 17.9 Å². The van der Waals surface area contributed by atoms with E-state index in [4.69, 9.17) is 8.92 Å². The molecule has 1 aromatic carbocycles. The number of ether oxygens (including phenoxy) is 1. The van der Waals surface area contributed by atoms with Crippen LogP contribution in [0.1, 0.15) is 36.0 Å². The van der Waals surface area contributed by atoms with Gasteiger partial charge in [0.2, 0.25) is 0 Å². The number of ketones is 1. The zero-order valence-electron chi connectivity index (χ0n) is 15.3. The summed E-state index contributed by atoms with van der Waals surface area (Å²) < 4.78 is 35.5. The summed E-state index contributed by atoms with van der Waals surface area (Å²) in [5, 5.41) is 0. The first-order valence-corrected chi connectivity index (χ1v) is 11.2. The first kappa shape index (κ1) is 19.6. The summed E-state index contributed by atoms with van der Waals surface area (Å²) >= 11 is 3.47. The highest BCUT2D eigenvalue weighted by atomic mass is 79.9. The molecule has 0 aromatic heterocycles. The lowest BCUT2D eigenvalue weighted by Crippen LogP contribution is -2.31. The number of fused-ring (bicyclic) bond motifs is 1. The highest BCUT2D eigenvalue weighted by Crippen LogP contribution is 2.49. The molecule has 2 aliphatic carbocycles. The minimum atomic E-state index is -3.73. The van der Waals surface area contributed by atoms with E-state index in [1.54, 1.807) is 7.11 Å². The number of hydrogen-bond donors (Lipinski definition) is 0. The van der Waals surface area contributed by atoms with Crippen molar-refractivity contribution in [2.75, 3.05) is 13.4 Å². The maximum Gasteiger partial charge on any atom is 0.305 e. The molecule has 3 unspecified atom stereocenters. The number of aryl methyl sites for hydroxylation is 2. The number of carbonyl (C=O) groups excluding carboxylic acids is 1.